The van der Waals surface area contributed by atoms with Crippen LogP contribution >= 0.6 is 11.5 Å². The van der Waals surface area contributed by atoms with E-state index in [-0.39, 0.29) is 12.5 Å². The Morgan fingerprint density at radius 2 is 2.05 bits per heavy atom. The normalized spacial score (nSPS) is 13.7. The highest BCUT2D eigenvalue weighted by Crippen LogP contribution is 2.29. The standard InChI is InChI=1S/C12H20F3N3S/c1-3-6-10-11(19-18-17-10)9(16-4-2)7-5-8-12(13,14)15/h9,16H,3-8H2,1-2H3. The lowest BCUT2D eigenvalue weighted by Crippen LogP contribution is -2.21. The summed E-state index contributed by atoms with van der Waals surface area (Å²) in [5.41, 5.74) is 0.922. The topological polar surface area (TPSA) is 37.8 Å². The fourth-order valence-electron chi connectivity index (χ4n) is 1.97. The maximum absolute atomic E-state index is 12.2. The van der Waals surface area contributed by atoms with Gasteiger partial charge in [0.25, 0.3) is 0 Å². The van der Waals surface area contributed by atoms with E-state index < -0.39 is 12.6 Å². The van der Waals surface area contributed by atoms with Crippen molar-refractivity contribution in [3.63, 3.8) is 0 Å². The summed E-state index contributed by atoms with van der Waals surface area (Å²) in [7, 11) is 0. The van der Waals surface area contributed by atoms with Gasteiger partial charge in [-0.25, -0.2) is 0 Å². The highest BCUT2D eigenvalue weighted by Gasteiger charge is 2.27. The molecule has 19 heavy (non-hydrogen) atoms. The van der Waals surface area contributed by atoms with Gasteiger partial charge in [0.15, 0.2) is 0 Å². The van der Waals surface area contributed by atoms with Gasteiger partial charge in [0.1, 0.15) is 0 Å². The summed E-state index contributed by atoms with van der Waals surface area (Å²) in [4.78, 5) is 0.992. The summed E-state index contributed by atoms with van der Waals surface area (Å²) in [6.07, 6.45) is -2.43. The number of hydrogen-bond acceptors (Lipinski definition) is 4. The predicted octanol–water partition coefficient (Wildman–Crippen LogP) is 3.87. The zero-order valence-electron chi connectivity index (χ0n) is 11.3. The average Bonchev–Trinajstić information content (AvgIpc) is 2.75. The zero-order valence-corrected chi connectivity index (χ0v) is 12.1. The molecule has 0 bridgehead atoms. The molecule has 0 aliphatic carbocycles. The third-order valence-corrected chi connectivity index (χ3v) is 3.67. The Labute approximate surface area is 115 Å². The molecule has 110 valence electrons. The van der Waals surface area contributed by atoms with Crippen molar-refractivity contribution in [2.45, 2.75) is 58.2 Å². The first-order chi connectivity index (χ1) is 8.98. The predicted molar refractivity (Wildman–Crippen MR) is 70.2 cm³/mol. The number of nitrogens with zero attached hydrogens (tertiary/aromatic N) is 2. The van der Waals surface area contributed by atoms with E-state index in [1.807, 2.05) is 6.92 Å². The number of aromatic nitrogens is 2. The number of alkyl halides is 3. The minimum atomic E-state index is -4.07. The third kappa shape index (κ3) is 5.86. The van der Waals surface area contributed by atoms with Crippen LogP contribution in [0.4, 0.5) is 13.2 Å². The number of nitrogens with one attached hydrogen (secondary N) is 1. The lowest BCUT2D eigenvalue weighted by atomic mass is 10.0. The molecule has 1 aromatic heterocycles. The van der Waals surface area contributed by atoms with E-state index in [9.17, 15) is 13.2 Å². The molecule has 0 aliphatic rings. The number of halogens is 3. The molecule has 1 heterocycles. The molecule has 1 atom stereocenters. The molecule has 0 fully saturated rings. The zero-order chi connectivity index (χ0) is 14.3. The largest absolute Gasteiger partial charge is 0.389 e. The fourth-order valence-corrected chi connectivity index (χ4v) is 2.77. The summed E-state index contributed by atoms with van der Waals surface area (Å²) in [5.74, 6) is 0. The molecule has 1 N–H and O–H groups in total. The molecule has 0 aromatic carbocycles. The second-order valence-corrected chi connectivity index (χ2v) is 5.24. The summed E-state index contributed by atoms with van der Waals surface area (Å²) < 4.78 is 40.5. The Hall–Kier alpha value is -0.690. The maximum Gasteiger partial charge on any atom is 0.389 e. The van der Waals surface area contributed by atoms with Crippen LogP contribution in [0.1, 0.15) is 56.1 Å². The van der Waals surface area contributed by atoms with Gasteiger partial charge in [-0.1, -0.05) is 24.8 Å². The van der Waals surface area contributed by atoms with Gasteiger partial charge in [-0.05, 0) is 37.3 Å². The van der Waals surface area contributed by atoms with Crippen molar-refractivity contribution in [3.05, 3.63) is 10.6 Å². The minimum Gasteiger partial charge on any atom is -0.309 e. The molecule has 0 saturated carbocycles. The van der Waals surface area contributed by atoms with Gasteiger partial charge < -0.3 is 5.32 Å². The Morgan fingerprint density at radius 3 is 2.63 bits per heavy atom. The van der Waals surface area contributed by atoms with Gasteiger partial charge >= 0.3 is 6.18 Å². The molecule has 0 amide bonds. The molecule has 7 heteroatoms. The Bertz CT molecular complexity index is 365. The Balaban J connectivity index is 2.63. The first kappa shape index (κ1) is 16.4. The smallest absolute Gasteiger partial charge is 0.309 e. The lowest BCUT2D eigenvalue weighted by Gasteiger charge is -2.17. The molecule has 3 nitrogen and oxygen atoms in total. The van der Waals surface area contributed by atoms with Crippen LogP contribution in [0.2, 0.25) is 0 Å². The van der Waals surface area contributed by atoms with Crippen LogP contribution in [-0.4, -0.2) is 22.3 Å². The highest BCUT2D eigenvalue weighted by atomic mass is 32.1. The maximum atomic E-state index is 12.2. The van der Waals surface area contributed by atoms with Gasteiger partial charge in [-0.3, -0.25) is 0 Å². The summed E-state index contributed by atoms with van der Waals surface area (Å²) >= 11 is 1.29. The Kier molecular flexibility index (Phi) is 6.71. The lowest BCUT2D eigenvalue weighted by molar-refractivity contribution is -0.135. The van der Waals surface area contributed by atoms with Crippen LogP contribution in [0.5, 0.6) is 0 Å². The third-order valence-electron chi connectivity index (χ3n) is 2.79. The summed E-state index contributed by atoms with van der Waals surface area (Å²) in [6.45, 7) is 4.72. The van der Waals surface area contributed by atoms with Crippen molar-refractivity contribution in [2.75, 3.05) is 6.54 Å². The molecule has 0 spiro atoms. The molecule has 0 saturated heterocycles. The Morgan fingerprint density at radius 1 is 1.32 bits per heavy atom. The first-order valence-electron chi connectivity index (χ1n) is 6.59. The quantitative estimate of drug-likeness (QED) is 0.791. The molecule has 1 aromatic rings. The van der Waals surface area contributed by atoms with Crippen molar-refractivity contribution < 1.29 is 13.2 Å². The van der Waals surface area contributed by atoms with Gasteiger partial charge in [-0.15, -0.1) is 5.10 Å². The van der Waals surface area contributed by atoms with E-state index in [1.54, 1.807) is 0 Å². The van der Waals surface area contributed by atoms with E-state index in [4.69, 9.17) is 0 Å². The van der Waals surface area contributed by atoms with Crippen molar-refractivity contribution >= 4 is 11.5 Å². The molecular formula is C12H20F3N3S. The van der Waals surface area contributed by atoms with E-state index in [0.29, 0.717) is 6.42 Å². The van der Waals surface area contributed by atoms with Gasteiger partial charge in [0, 0.05) is 12.5 Å². The highest BCUT2D eigenvalue weighted by molar-refractivity contribution is 7.05. The number of rotatable bonds is 8. The molecular weight excluding hydrogens is 275 g/mol. The first-order valence-corrected chi connectivity index (χ1v) is 7.36. The van der Waals surface area contributed by atoms with Gasteiger partial charge in [0.05, 0.1) is 10.6 Å². The van der Waals surface area contributed by atoms with E-state index in [2.05, 4.69) is 21.8 Å². The summed E-state index contributed by atoms with van der Waals surface area (Å²) in [5, 5.41) is 7.31. The van der Waals surface area contributed by atoms with E-state index in [1.165, 1.54) is 11.5 Å². The second-order valence-electron chi connectivity index (χ2n) is 4.45. The van der Waals surface area contributed by atoms with E-state index in [0.717, 1.165) is 30.0 Å². The van der Waals surface area contributed by atoms with Crippen molar-refractivity contribution in [2.24, 2.45) is 0 Å². The van der Waals surface area contributed by atoms with E-state index >= 15 is 0 Å². The molecule has 1 rings (SSSR count). The summed E-state index contributed by atoms with van der Waals surface area (Å²) in [6, 6.07) is -0.0612. The number of aryl methyl sites for hydroxylation is 1. The van der Waals surface area contributed by atoms with Crippen molar-refractivity contribution in [1.82, 2.24) is 14.9 Å². The van der Waals surface area contributed by atoms with Crippen LogP contribution in [0.25, 0.3) is 0 Å². The van der Waals surface area contributed by atoms with Crippen LogP contribution in [0.3, 0.4) is 0 Å². The van der Waals surface area contributed by atoms with Crippen LogP contribution < -0.4 is 5.32 Å². The van der Waals surface area contributed by atoms with Crippen LogP contribution in [0, 0.1) is 0 Å². The van der Waals surface area contributed by atoms with Crippen molar-refractivity contribution in [1.29, 1.82) is 0 Å². The molecule has 0 aliphatic heterocycles. The van der Waals surface area contributed by atoms with Crippen LogP contribution in [-0.2, 0) is 6.42 Å². The fraction of sp³-hybridized carbons (Fsp3) is 0.833. The van der Waals surface area contributed by atoms with Crippen molar-refractivity contribution in [3.8, 4) is 0 Å². The molecule has 1 unspecified atom stereocenters. The van der Waals surface area contributed by atoms with Gasteiger partial charge in [0.2, 0.25) is 0 Å². The monoisotopic (exact) mass is 295 g/mol. The number of hydrogen-bond donors (Lipinski definition) is 1. The van der Waals surface area contributed by atoms with Gasteiger partial charge in [-0.2, -0.15) is 13.2 Å². The minimum absolute atomic E-state index is 0.0612. The average molecular weight is 295 g/mol. The molecule has 0 radical (unpaired) electrons. The SMILES string of the molecule is CCCc1nnsc1C(CCCC(F)(F)F)NCC. The second kappa shape index (κ2) is 7.79. The van der Waals surface area contributed by atoms with Crippen LogP contribution in [0.15, 0.2) is 0 Å².